The molecule has 0 bridgehead atoms. The first-order chi connectivity index (χ1) is 8.66. The largest absolute Gasteiger partial charge is 0.480 e. The third-order valence-electron chi connectivity index (χ3n) is 3.74. The number of piperidine rings is 1. The van der Waals surface area contributed by atoms with E-state index in [2.05, 4.69) is 0 Å². The van der Waals surface area contributed by atoms with E-state index in [1.165, 1.54) is 23.8 Å². The van der Waals surface area contributed by atoms with Crippen LogP contribution >= 0.6 is 0 Å². The highest BCUT2D eigenvalue weighted by Crippen LogP contribution is 2.35. The molecule has 1 aliphatic rings. The lowest BCUT2D eigenvalue weighted by atomic mass is 9.76. The van der Waals surface area contributed by atoms with Gasteiger partial charge in [0.1, 0.15) is 6.04 Å². The van der Waals surface area contributed by atoms with Gasteiger partial charge in [-0.3, -0.25) is 9.59 Å². The molecule has 0 saturated carbocycles. The lowest BCUT2D eigenvalue weighted by Crippen LogP contribution is -2.58. The van der Waals surface area contributed by atoms with Crippen molar-refractivity contribution in [2.45, 2.75) is 39.7 Å². The number of carbonyl (C=O) groups is 3. The van der Waals surface area contributed by atoms with Crippen LogP contribution in [0.1, 0.15) is 33.6 Å². The second kappa shape index (κ2) is 5.59. The van der Waals surface area contributed by atoms with E-state index in [4.69, 9.17) is 0 Å². The number of aliphatic carboxylic acids is 1. The van der Waals surface area contributed by atoms with E-state index in [9.17, 15) is 19.5 Å². The molecule has 0 spiro atoms. The van der Waals surface area contributed by atoms with Gasteiger partial charge in [0.05, 0.1) is 6.54 Å². The van der Waals surface area contributed by atoms with Crippen molar-refractivity contribution in [1.29, 1.82) is 0 Å². The highest BCUT2D eigenvalue weighted by atomic mass is 16.4. The van der Waals surface area contributed by atoms with Crippen molar-refractivity contribution >= 4 is 17.8 Å². The Bertz CT molecular complexity index is 392. The van der Waals surface area contributed by atoms with Gasteiger partial charge >= 0.3 is 5.97 Å². The Morgan fingerprint density at radius 1 is 1.37 bits per heavy atom. The molecule has 108 valence electrons. The maximum atomic E-state index is 12.2. The second-order valence-electron chi connectivity index (χ2n) is 5.80. The summed E-state index contributed by atoms with van der Waals surface area (Å²) in [5.41, 5.74) is -0.450. The zero-order valence-corrected chi connectivity index (χ0v) is 12.0. The number of carboxylic acid groups (broad SMARTS) is 1. The lowest BCUT2D eigenvalue weighted by molar-refractivity contribution is -0.159. The average molecular weight is 270 g/mol. The van der Waals surface area contributed by atoms with Gasteiger partial charge < -0.3 is 14.9 Å². The summed E-state index contributed by atoms with van der Waals surface area (Å²) in [7, 11) is 1.53. The molecule has 0 aromatic heterocycles. The molecule has 1 atom stereocenters. The average Bonchev–Trinajstić information content (AvgIpc) is 2.26. The molecular formula is C13H22N2O4. The van der Waals surface area contributed by atoms with Crippen LogP contribution in [0.25, 0.3) is 0 Å². The predicted molar refractivity (Wildman–Crippen MR) is 69.5 cm³/mol. The third-order valence-corrected chi connectivity index (χ3v) is 3.74. The molecule has 1 rings (SSSR count). The Kier molecular flexibility index (Phi) is 4.55. The summed E-state index contributed by atoms with van der Waals surface area (Å²) in [6, 6.07) is -0.825. The molecule has 6 nitrogen and oxygen atoms in total. The smallest absolute Gasteiger partial charge is 0.326 e. The molecule has 1 unspecified atom stereocenters. The number of hydrogen-bond donors (Lipinski definition) is 1. The molecule has 1 heterocycles. The molecule has 2 amide bonds. The first kappa shape index (κ1) is 15.5. The van der Waals surface area contributed by atoms with Gasteiger partial charge in [-0.25, -0.2) is 4.79 Å². The van der Waals surface area contributed by atoms with Crippen LogP contribution in [0.15, 0.2) is 0 Å². The van der Waals surface area contributed by atoms with Crippen molar-refractivity contribution in [3.63, 3.8) is 0 Å². The van der Waals surface area contributed by atoms with Crippen molar-refractivity contribution < 1.29 is 19.5 Å². The quantitative estimate of drug-likeness (QED) is 0.813. The number of hydrogen-bond acceptors (Lipinski definition) is 3. The summed E-state index contributed by atoms with van der Waals surface area (Å²) >= 11 is 0. The van der Waals surface area contributed by atoms with E-state index in [1.54, 1.807) is 0 Å². The predicted octanol–water partition coefficient (Wildman–Crippen LogP) is 0.566. The topological polar surface area (TPSA) is 77.9 Å². The van der Waals surface area contributed by atoms with Crippen LogP contribution in [0.2, 0.25) is 0 Å². The summed E-state index contributed by atoms with van der Waals surface area (Å²) in [6.45, 7) is 5.46. The Labute approximate surface area is 113 Å². The molecule has 0 aromatic carbocycles. The number of carbonyl (C=O) groups excluding carboxylic acids is 2. The van der Waals surface area contributed by atoms with E-state index < -0.39 is 17.4 Å². The number of likely N-dealkylation sites (N-methyl/N-ethyl adjacent to an activating group) is 1. The fourth-order valence-corrected chi connectivity index (χ4v) is 2.53. The van der Waals surface area contributed by atoms with Gasteiger partial charge in [0.15, 0.2) is 0 Å². The van der Waals surface area contributed by atoms with E-state index in [1.807, 2.05) is 13.8 Å². The minimum atomic E-state index is -0.983. The maximum Gasteiger partial charge on any atom is 0.326 e. The summed E-state index contributed by atoms with van der Waals surface area (Å²) in [5, 5.41) is 9.36. The molecule has 0 aromatic rings. The summed E-state index contributed by atoms with van der Waals surface area (Å²) in [5.74, 6) is -1.50. The van der Waals surface area contributed by atoms with Crippen LogP contribution in [-0.4, -0.2) is 58.9 Å². The van der Waals surface area contributed by atoms with Crippen LogP contribution < -0.4 is 0 Å². The third kappa shape index (κ3) is 3.45. The van der Waals surface area contributed by atoms with Crippen molar-refractivity contribution in [2.24, 2.45) is 5.41 Å². The van der Waals surface area contributed by atoms with E-state index in [-0.39, 0.29) is 18.4 Å². The fraction of sp³-hybridized carbons (Fsp3) is 0.769. The minimum Gasteiger partial charge on any atom is -0.480 e. The van der Waals surface area contributed by atoms with Gasteiger partial charge in [-0.2, -0.15) is 0 Å². The minimum absolute atomic E-state index is 0.0742. The molecule has 1 aliphatic heterocycles. The Morgan fingerprint density at radius 3 is 2.42 bits per heavy atom. The van der Waals surface area contributed by atoms with Crippen molar-refractivity contribution in [1.82, 2.24) is 9.80 Å². The molecule has 1 fully saturated rings. The molecule has 0 aliphatic carbocycles. The number of rotatable bonds is 3. The van der Waals surface area contributed by atoms with Crippen LogP contribution in [0.4, 0.5) is 0 Å². The van der Waals surface area contributed by atoms with Gasteiger partial charge in [0, 0.05) is 20.5 Å². The first-order valence-corrected chi connectivity index (χ1v) is 6.41. The number of likely N-dealkylation sites (tertiary alicyclic amines) is 1. The molecule has 1 saturated heterocycles. The Hall–Kier alpha value is -1.59. The zero-order valence-electron chi connectivity index (χ0n) is 12.0. The molecule has 0 radical (unpaired) electrons. The summed E-state index contributed by atoms with van der Waals surface area (Å²) in [4.78, 5) is 37.4. The van der Waals surface area contributed by atoms with Crippen molar-refractivity contribution in [3.05, 3.63) is 0 Å². The van der Waals surface area contributed by atoms with Gasteiger partial charge in [0.2, 0.25) is 11.8 Å². The number of carboxylic acids is 1. The number of nitrogens with zero attached hydrogens (tertiary/aromatic N) is 2. The Morgan fingerprint density at radius 2 is 1.95 bits per heavy atom. The number of amides is 2. The normalized spacial score (nSPS) is 21.9. The van der Waals surface area contributed by atoms with Crippen LogP contribution in [0.3, 0.4) is 0 Å². The second-order valence-corrected chi connectivity index (χ2v) is 5.80. The van der Waals surface area contributed by atoms with Gasteiger partial charge in [-0.15, -0.1) is 0 Å². The standard InChI is InChI=1S/C13H22N2O4/c1-9(16)14(4)8-10(17)15-7-5-6-13(2,3)11(15)12(18)19/h11H,5-8H2,1-4H3,(H,18,19). The molecule has 1 N–H and O–H groups in total. The fourth-order valence-electron chi connectivity index (χ4n) is 2.53. The molecule has 19 heavy (non-hydrogen) atoms. The van der Waals surface area contributed by atoms with E-state index >= 15 is 0 Å². The van der Waals surface area contributed by atoms with Gasteiger partial charge in [-0.05, 0) is 18.3 Å². The van der Waals surface area contributed by atoms with E-state index in [0.29, 0.717) is 6.54 Å². The summed E-state index contributed by atoms with van der Waals surface area (Å²) < 4.78 is 0. The Balaban J connectivity index is 2.87. The highest BCUT2D eigenvalue weighted by molar-refractivity contribution is 5.88. The van der Waals surface area contributed by atoms with Crippen LogP contribution in [0.5, 0.6) is 0 Å². The maximum absolute atomic E-state index is 12.2. The highest BCUT2D eigenvalue weighted by Gasteiger charge is 2.44. The monoisotopic (exact) mass is 270 g/mol. The van der Waals surface area contributed by atoms with E-state index in [0.717, 1.165) is 12.8 Å². The lowest BCUT2D eigenvalue weighted by Gasteiger charge is -2.44. The SMILES string of the molecule is CC(=O)N(C)CC(=O)N1CCCC(C)(C)C1C(=O)O. The van der Waals surface area contributed by atoms with Crippen LogP contribution in [0, 0.1) is 5.41 Å². The zero-order chi connectivity index (χ0) is 14.8. The molecular weight excluding hydrogens is 248 g/mol. The first-order valence-electron chi connectivity index (χ1n) is 6.41. The summed E-state index contributed by atoms with van der Waals surface area (Å²) in [6.07, 6.45) is 1.56. The molecule has 6 heteroatoms. The van der Waals surface area contributed by atoms with Crippen molar-refractivity contribution in [3.8, 4) is 0 Å². The van der Waals surface area contributed by atoms with Gasteiger partial charge in [0.25, 0.3) is 0 Å². The van der Waals surface area contributed by atoms with Crippen molar-refractivity contribution in [2.75, 3.05) is 20.1 Å². The van der Waals surface area contributed by atoms with Gasteiger partial charge in [-0.1, -0.05) is 13.8 Å². The van der Waals surface area contributed by atoms with Crippen LogP contribution in [-0.2, 0) is 14.4 Å².